The molecule has 3 aliphatic rings. The second-order valence-electron chi connectivity index (χ2n) is 7.26. The summed E-state index contributed by atoms with van der Waals surface area (Å²) in [7, 11) is 0. The van der Waals surface area contributed by atoms with Gasteiger partial charge in [0.15, 0.2) is 0 Å². The molecule has 5 rings (SSSR count). The van der Waals surface area contributed by atoms with Gasteiger partial charge in [0.25, 0.3) is 0 Å². The number of nitrogens with one attached hydrogen (secondary N) is 1. The lowest BCUT2D eigenvalue weighted by Gasteiger charge is -2.38. The molecule has 2 heteroatoms. The third kappa shape index (κ3) is 1.43. The van der Waals surface area contributed by atoms with Crippen molar-refractivity contribution in [1.82, 2.24) is 0 Å². The highest BCUT2D eigenvalue weighted by atomic mass is 15.0. The monoisotopic (exact) mass is 288 g/mol. The predicted molar refractivity (Wildman–Crippen MR) is 91.3 cm³/mol. The Hall–Kier alpha value is -2.09. The second kappa shape index (κ2) is 4.01. The van der Waals surface area contributed by atoms with Gasteiger partial charge in [-0.3, -0.25) is 4.99 Å². The molecule has 2 aromatic carbocycles. The third-order valence-corrected chi connectivity index (χ3v) is 5.95. The molecule has 2 aliphatic heterocycles. The number of aliphatic imine (C=N–C) groups is 1. The van der Waals surface area contributed by atoms with Crippen LogP contribution in [0.4, 0.5) is 11.4 Å². The van der Waals surface area contributed by atoms with Crippen LogP contribution in [0.2, 0.25) is 0 Å². The zero-order valence-corrected chi connectivity index (χ0v) is 13.0. The highest BCUT2D eigenvalue weighted by Gasteiger charge is 2.57. The summed E-state index contributed by atoms with van der Waals surface area (Å²) in [6.07, 6.45) is 1.19. The van der Waals surface area contributed by atoms with Crippen LogP contribution in [0.25, 0.3) is 0 Å². The molecule has 0 unspecified atom stereocenters. The maximum absolute atomic E-state index is 4.93. The fraction of sp³-hybridized carbons (Fsp3) is 0.350. The van der Waals surface area contributed by atoms with E-state index >= 15 is 0 Å². The van der Waals surface area contributed by atoms with E-state index in [1.54, 1.807) is 0 Å². The predicted octanol–water partition coefficient (Wildman–Crippen LogP) is 4.86. The Morgan fingerprint density at radius 2 is 1.77 bits per heavy atom. The molecule has 4 atom stereocenters. The summed E-state index contributed by atoms with van der Waals surface area (Å²) in [6.45, 7) is 4.60. The Morgan fingerprint density at radius 3 is 2.64 bits per heavy atom. The van der Waals surface area contributed by atoms with E-state index in [1.807, 2.05) is 0 Å². The van der Waals surface area contributed by atoms with Crippen LogP contribution < -0.4 is 5.32 Å². The number of anilines is 1. The minimum absolute atomic E-state index is 0.116. The lowest BCUT2D eigenvalue weighted by Crippen LogP contribution is -2.44. The van der Waals surface area contributed by atoms with Crippen molar-refractivity contribution < 1.29 is 0 Å². The molecule has 2 nitrogen and oxygen atoms in total. The Kier molecular flexibility index (Phi) is 2.27. The number of fused-ring (bicyclic) bond motifs is 9. The lowest BCUT2D eigenvalue weighted by molar-refractivity contribution is 0.442. The third-order valence-electron chi connectivity index (χ3n) is 5.95. The van der Waals surface area contributed by atoms with Crippen LogP contribution in [0.1, 0.15) is 43.2 Å². The first-order valence-corrected chi connectivity index (χ1v) is 8.19. The van der Waals surface area contributed by atoms with Crippen LogP contribution in [0, 0.1) is 5.92 Å². The number of hydrogen-bond acceptors (Lipinski definition) is 2. The largest absolute Gasteiger partial charge is 0.379 e. The molecule has 1 saturated carbocycles. The topological polar surface area (TPSA) is 24.4 Å². The van der Waals surface area contributed by atoms with E-state index in [0.29, 0.717) is 17.8 Å². The molecule has 1 N–H and O–H groups in total. The highest BCUT2D eigenvalue weighted by molar-refractivity contribution is 5.93. The van der Waals surface area contributed by atoms with Crippen molar-refractivity contribution in [2.24, 2.45) is 10.9 Å². The quantitative estimate of drug-likeness (QED) is 0.735. The molecule has 110 valence electrons. The maximum Gasteiger partial charge on any atom is 0.0664 e. The standard InChI is InChI=1S/C20H20N2/c1-12-19-18(14-8-4-5-9-16(14)21-12)15-11-20(19,2)22-17-10-6-3-7-13(15)17/h3-10,15,18-19,22H,11H2,1-2H3/t15-,18-,19-,20-/m1/s1. The first-order valence-electron chi connectivity index (χ1n) is 8.19. The van der Waals surface area contributed by atoms with E-state index < -0.39 is 0 Å². The zero-order valence-electron chi connectivity index (χ0n) is 13.0. The molecule has 2 heterocycles. The van der Waals surface area contributed by atoms with Gasteiger partial charge in [-0.2, -0.15) is 0 Å². The van der Waals surface area contributed by atoms with E-state index in [2.05, 4.69) is 67.7 Å². The van der Waals surface area contributed by atoms with Gasteiger partial charge in [0.2, 0.25) is 0 Å². The van der Waals surface area contributed by atoms with Gasteiger partial charge in [0.1, 0.15) is 0 Å². The molecule has 0 spiro atoms. The van der Waals surface area contributed by atoms with Crippen molar-refractivity contribution >= 4 is 17.1 Å². The van der Waals surface area contributed by atoms with Gasteiger partial charge in [-0.1, -0.05) is 36.4 Å². The van der Waals surface area contributed by atoms with E-state index in [-0.39, 0.29) is 5.54 Å². The van der Waals surface area contributed by atoms with Gasteiger partial charge in [-0.15, -0.1) is 0 Å². The fourth-order valence-corrected chi connectivity index (χ4v) is 5.26. The van der Waals surface area contributed by atoms with Crippen LogP contribution in [0.3, 0.4) is 0 Å². The summed E-state index contributed by atoms with van der Waals surface area (Å²) in [5.41, 5.74) is 6.82. The fourth-order valence-electron chi connectivity index (χ4n) is 5.26. The van der Waals surface area contributed by atoms with Crippen molar-refractivity contribution in [1.29, 1.82) is 0 Å². The molecule has 1 fully saturated rings. The number of nitrogens with zero attached hydrogens (tertiary/aromatic N) is 1. The van der Waals surface area contributed by atoms with Crippen LogP contribution in [-0.4, -0.2) is 11.3 Å². The van der Waals surface area contributed by atoms with Gasteiger partial charge in [0, 0.05) is 28.8 Å². The molecular formula is C20H20N2. The first-order chi connectivity index (χ1) is 10.7. The number of rotatable bonds is 0. The summed E-state index contributed by atoms with van der Waals surface area (Å²) in [6, 6.07) is 17.6. The van der Waals surface area contributed by atoms with Crippen LogP contribution >= 0.6 is 0 Å². The number of para-hydroxylation sites is 2. The Balaban J connectivity index is 1.78. The van der Waals surface area contributed by atoms with Gasteiger partial charge in [-0.05, 0) is 49.4 Å². The number of benzene rings is 2. The number of hydrogen-bond donors (Lipinski definition) is 1. The van der Waals surface area contributed by atoms with E-state index in [9.17, 15) is 0 Å². The average Bonchev–Trinajstić information content (AvgIpc) is 2.77. The SMILES string of the molecule is CC1=Nc2ccccc2[C@@H]2[C@@H]3C[C@@](C)(Nc4ccccc43)[C@H]12. The van der Waals surface area contributed by atoms with Gasteiger partial charge in [-0.25, -0.2) is 0 Å². The first kappa shape index (κ1) is 12.5. The molecule has 0 radical (unpaired) electrons. The second-order valence-corrected chi connectivity index (χ2v) is 7.26. The van der Waals surface area contributed by atoms with E-state index in [4.69, 9.17) is 4.99 Å². The molecule has 2 bridgehead atoms. The summed E-state index contributed by atoms with van der Waals surface area (Å²) in [4.78, 5) is 4.93. The zero-order chi connectivity index (χ0) is 14.9. The minimum Gasteiger partial charge on any atom is -0.379 e. The summed E-state index contributed by atoms with van der Waals surface area (Å²) >= 11 is 0. The van der Waals surface area contributed by atoms with Crippen molar-refractivity contribution in [3.63, 3.8) is 0 Å². The molecule has 1 aliphatic carbocycles. The average molecular weight is 288 g/mol. The molecule has 0 saturated heterocycles. The smallest absolute Gasteiger partial charge is 0.0664 e. The van der Waals surface area contributed by atoms with Gasteiger partial charge >= 0.3 is 0 Å². The van der Waals surface area contributed by atoms with Gasteiger partial charge < -0.3 is 5.32 Å². The van der Waals surface area contributed by atoms with Crippen molar-refractivity contribution in [2.45, 2.75) is 37.6 Å². The summed E-state index contributed by atoms with van der Waals surface area (Å²) < 4.78 is 0. The van der Waals surface area contributed by atoms with Crippen molar-refractivity contribution in [3.8, 4) is 0 Å². The van der Waals surface area contributed by atoms with E-state index in [0.717, 1.165) is 0 Å². The van der Waals surface area contributed by atoms with Crippen LogP contribution in [0.15, 0.2) is 53.5 Å². The molecular weight excluding hydrogens is 268 g/mol. The van der Waals surface area contributed by atoms with Crippen molar-refractivity contribution in [2.75, 3.05) is 5.32 Å². The van der Waals surface area contributed by atoms with Crippen molar-refractivity contribution in [3.05, 3.63) is 59.7 Å². The summed E-state index contributed by atoms with van der Waals surface area (Å²) in [5, 5.41) is 3.84. The highest BCUT2D eigenvalue weighted by Crippen LogP contribution is 2.62. The van der Waals surface area contributed by atoms with Crippen LogP contribution in [-0.2, 0) is 0 Å². The summed E-state index contributed by atoms with van der Waals surface area (Å²) in [5.74, 6) is 1.63. The Morgan fingerprint density at radius 1 is 1.05 bits per heavy atom. The molecule has 0 amide bonds. The maximum atomic E-state index is 4.93. The van der Waals surface area contributed by atoms with Gasteiger partial charge in [0.05, 0.1) is 5.69 Å². The van der Waals surface area contributed by atoms with Crippen LogP contribution in [0.5, 0.6) is 0 Å². The molecule has 0 aromatic heterocycles. The Labute approximate surface area is 131 Å². The Bertz CT molecular complexity index is 807. The molecule has 2 aromatic rings. The lowest BCUT2D eigenvalue weighted by atomic mass is 9.75. The normalized spacial score (nSPS) is 34.1. The van der Waals surface area contributed by atoms with E-state index in [1.165, 1.54) is 34.6 Å². The minimum atomic E-state index is 0.116. The molecule has 22 heavy (non-hydrogen) atoms.